The molecule has 0 rings (SSSR count). The van der Waals surface area contributed by atoms with Crippen molar-refractivity contribution in [2.75, 3.05) is 39.6 Å². The lowest BCUT2D eigenvalue weighted by molar-refractivity contribution is -0.161. The van der Waals surface area contributed by atoms with Crippen LogP contribution in [0.25, 0.3) is 0 Å². The van der Waals surface area contributed by atoms with Gasteiger partial charge in [-0.3, -0.25) is 37.3 Å². The third kappa shape index (κ3) is 72.1. The smallest absolute Gasteiger partial charge is 0.462 e. The number of phosphoric acid groups is 2. The molecule has 0 aromatic rings. The van der Waals surface area contributed by atoms with Crippen LogP contribution < -0.4 is 0 Å². The summed E-state index contributed by atoms with van der Waals surface area (Å²) in [6.07, 6.45) is 77.8. The quantitative estimate of drug-likeness (QED) is 0.0169. The standard InChI is InChI=1S/C81H140O17P2/c1-5-9-13-17-21-25-29-33-35-36-37-38-40-44-46-50-54-58-62-66-79(84)92-72-77(98-81(86)68-64-60-56-52-48-42-32-28-24-20-16-12-8-4)74-96-100(89,90)94-70-75(82)69-93-99(87,88)95-73-76(97-80(85)67-63-59-55-51-47-41-31-27-23-19-15-11-7-3)71-91-78(83)65-61-57-53-49-45-43-39-34-30-26-22-18-14-10-6-2/h9,13,15,19,21-22,25-28,31-35,37-39,75-77,82H,5-8,10-12,14,16-18,20,23-24,29-30,36,40-74H2,1-4H3,(H,87,88)(H,89,90)/b13-9-,19-15-,25-21-,26-22-,31-27-,32-28-,35-33-,38-37-,39-34-. The molecule has 19 heteroatoms. The van der Waals surface area contributed by atoms with E-state index < -0.39 is 97.5 Å². The minimum atomic E-state index is -4.98. The zero-order chi connectivity index (χ0) is 73.2. The summed E-state index contributed by atoms with van der Waals surface area (Å²) in [5.74, 6) is -2.22. The van der Waals surface area contributed by atoms with Crippen molar-refractivity contribution < 1.29 is 80.2 Å². The maximum atomic E-state index is 13.1. The van der Waals surface area contributed by atoms with Gasteiger partial charge in [0.2, 0.25) is 0 Å². The van der Waals surface area contributed by atoms with Crippen LogP contribution in [0.2, 0.25) is 0 Å². The summed E-state index contributed by atoms with van der Waals surface area (Å²) in [7, 11) is -9.96. The second-order valence-electron chi connectivity index (χ2n) is 25.9. The van der Waals surface area contributed by atoms with Crippen LogP contribution >= 0.6 is 15.6 Å². The van der Waals surface area contributed by atoms with Gasteiger partial charge in [0, 0.05) is 25.7 Å². The van der Waals surface area contributed by atoms with Gasteiger partial charge in [0.05, 0.1) is 26.4 Å². The number of aliphatic hydroxyl groups excluding tert-OH is 1. The highest BCUT2D eigenvalue weighted by atomic mass is 31.2. The first-order valence-electron chi connectivity index (χ1n) is 39.1. The number of hydrogen-bond acceptors (Lipinski definition) is 15. The van der Waals surface area contributed by atoms with Gasteiger partial charge in [-0.2, -0.15) is 0 Å². The Morgan fingerprint density at radius 1 is 0.290 bits per heavy atom. The number of ether oxygens (including phenoxy) is 4. The summed E-state index contributed by atoms with van der Waals surface area (Å²) in [5, 5.41) is 10.6. The molecular weight excluding hydrogens is 1310 g/mol. The highest BCUT2D eigenvalue weighted by Gasteiger charge is 2.30. The van der Waals surface area contributed by atoms with Gasteiger partial charge in [-0.25, -0.2) is 9.13 Å². The minimum absolute atomic E-state index is 0.0749. The number of phosphoric ester groups is 2. The van der Waals surface area contributed by atoms with Crippen molar-refractivity contribution in [3.8, 4) is 0 Å². The van der Waals surface area contributed by atoms with Gasteiger partial charge in [-0.1, -0.05) is 259 Å². The first-order chi connectivity index (χ1) is 48.7. The highest BCUT2D eigenvalue weighted by Crippen LogP contribution is 2.45. The van der Waals surface area contributed by atoms with Crippen LogP contribution in [0, 0.1) is 0 Å². The molecule has 100 heavy (non-hydrogen) atoms. The van der Waals surface area contributed by atoms with E-state index >= 15 is 0 Å². The summed E-state index contributed by atoms with van der Waals surface area (Å²) >= 11 is 0. The van der Waals surface area contributed by atoms with E-state index in [1.165, 1.54) is 44.9 Å². The van der Waals surface area contributed by atoms with Crippen LogP contribution in [0.5, 0.6) is 0 Å². The van der Waals surface area contributed by atoms with Gasteiger partial charge in [0.25, 0.3) is 0 Å². The molecule has 0 aliphatic carbocycles. The van der Waals surface area contributed by atoms with E-state index in [0.29, 0.717) is 25.7 Å². The third-order valence-corrected chi connectivity index (χ3v) is 18.1. The number of allylic oxidation sites excluding steroid dienone is 18. The Hall–Kier alpha value is -4.28. The van der Waals surface area contributed by atoms with Gasteiger partial charge in [0.15, 0.2) is 12.2 Å². The van der Waals surface area contributed by atoms with Gasteiger partial charge < -0.3 is 33.8 Å². The average Bonchev–Trinajstić information content (AvgIpc) is 0.935. The molecule has 0 aromatic carbocycles. The fourth-order valence-corrected chi connectivity index (χ4v) is 11.8. The first kappa shape index (κ1) is 95.7. The Kier molecular flexibility index (Phi) is 69.9. The molecule has 576 valence electrons. The molecule has 0 spiro atoms. The van der Waals surface area contributed by atoms with E-state index in [0.717, 1.165) is 199 Å². The van der Waals surface area contributed by atoms with E-state index in [9.17, 15) is 43.2 Å². The molecule has 0 amide bonds. The Bertz CT molecular complexity index is 2320. The molecule has 0 aliphatic rings. The van der Waals surface area contributed by atoms with Crippen molar-refractivity contribution in [1.82, 2.24) is 0 Å². The largest absolute Gasteiger partial charge is 0.472 e. The predicted octanol–water partition coefficient (Wildman–Crippen LogP) is 22.6. The summed E-state index contributed by atoms with van der Waals surface area (Å²) in [6, 6.07) is 0. The van der Waals surface area contributed by atoms with Crippen LogP contribution in [0.15, 0.2) is 109 Å². The molecule has 0 bridgehead atoms. The Morgan fingerprint density at radius 3 is 0.870 bits per heavy atom. The normalized spacial score (nSPS) is 14.5. The monoisotopic (exact) mass is 1450 g/mol. The fourth-order valence-electron chi connectivity index (χ4n) is 10.2. The second kappa shape index (κ2) is 73.0. The summed E-state index contributed by atoms with van der Waals surface area (Å²) in [5.41, 5.74) is 0. The molecule has 0 saturated heterocycles. The zero-order valence-electron chi connectivity index (χ0n) is 62.8. The number of aliphatic hydroxyl groups is 1. The van der Waals surface area contributed by atoms with E-state index in [1.807, 2.05) is 0 Å². The number of unbranched alkanes of at least 4 members (excludes halogenated alkanes) is 29. The number of rotatable bonds is 73. The maximum absolute atomic E-state index is 13.1. The molecular formula is C81H140O17P2. The SMILES string of the molecule is CC/C=C\C/C=C\C/C=C\C/C=C\CCCCCCCCC(=O)OCC(COP(=O)(O)OCC(O)COP(=O)(O)OCC(COC(=O)CCCCCCC/C=C\C/C=C\CCCCC)OC(=O)CCCCCCC/C=C\C/C=C\CCC)OC(=O)CCCCCCC/C=C\CCCCCC. The Labute approximate surface area is 607 Å². The Balaban J connectivity index is 5.35. The van der Waals surface area contributed by atoms with Crippen LogP contribution in [-0.4, -0.2) is 96.7 Å². The lowest BCUT2D eigenvalue weighted by atomic mass is 10.1. The van der Waals surface area contributed by atoms with Crippen molar-refractivity contribution in [2.24, 2.45) is 0 Å². The van der Waals surface area contributed by atoms with Crippen molar-refractivity contribution in [1.29, 1.82) is 0 Å². The van der Waals surface area contributed by atoms with Gasteiger partial charge in [-0.05, 0) is 148 Å². The average molecular weight is 1450 g/mol. The van der Waals surface area contributed by atoms with Crippen molar-refractivity contribution in [3.05, 3.63) is 109 Å². The first-order valence-corrected chi connectivity index (χ1v) is 42.1. The van der Waals surface area contributed by atoms with Crippen molar-refractivity contribution >= 4 is 39.5 Å². The van der Waals surface area contributed by atoms with Crippen LogP contribution in [0.1, 0.15) is 323 Å². The Morgan fingerprint density at radius 2 is 0.540 bits per heavy atom. The van der Waals surface area contributed by atoms with Gasteiger partial charge >= 0.3 is 39.5 Å². The minimum Gasteiger partial charge on any atom is -0.462 e. The van der Waals surface area contributed by atoms with E-state index in [1.54, 1.807) is 0 Å². The number of hydrogen-bond donors (Lipinski definition) is 3. The van der Waals surface area contributed by atoms with E-state index in [4.69, 9.17) is 37.0 Å². The van der Waals surface area contributed by atoms with Crippen molar-refractivity contribution in [3.63, 3.8) is 0 Å². The third-order valence-electron chi connectivity index (χ3n) is 16.2. The molecule has 0 fully saturated rings. The molecule has 0 saturated carbocycles. The second-order valence-corrected chi connectivity index (χ2v) is 28.8. The van der Waals surface area contributed by atoms with Gasteiger partial charge in [0.1, 0.15) is 19.3 Å². The lowest BCUT2D eigenvalue weighted by Crippen LogP contribution is -2.30. The summed E-state index contributed by atoms with van der Waals surface area (Å²) in [6.45, 7) is 4.62. The molecule has 0 radical (unpaired) electrons. The van der Waals surface area contributed by atoms with Crippen LogP contribution in [0.3, 0.4) is 0 Å². The van der Waals surface area contributed by atoms with Crippen molar-refractivity contribution in [2.45, 2.75) is 341 Å². The van der Waals surface area contributed by atoms with Crippen LogP contribution in [0.4, 0.5) is 0 Å². The molecule has 5 unspecified atom stereocenters. The lowest BCUT2D eigenvalue weighted by Gasteiger charge is -2.21. The van der Waals surface area contributed by atoms with E-state index in [-0.39, 0.29) is 25.7 Å². The number of carbonyl (C=O) groups excluding carboxylic acids is 4. The fraction of sp³-hybridized carbons (Fsp3) is 0.728. The molecule has 5 atom stereocenters. The van der Waals surface area contributed by atoms with Crippen LogP contribution in [-0.2, 0) is 65.4 Å². The molecule has 3 N–H and O–H groups in total. The molecule has 0 heterocycles. The summed E-state index contributed by atoms with van der Waals surface area (Å²) in [4.78, 5) is 72.9. The number of esters is 4. The molecule has 0 aliphatic heterocycles. The molecule has 0 aromatic heterocycles. The number of carbonyl (C=O) groups is 4. The topological polar surface area (TPSA) is 237 Å². The van der Waals surface area contributed by atoms with E-state index in [2.05, 4.69) is 137 Å². The zero-order valence-corrected chi connectivity index (χ0v) is 64.6. The molecule has 17 nitrogen and oxygen atoms in total. The van der Waals surface area contributed by atoms with Gasteiger partial charge in [-0.15, -0.1) is 0 Å². The highest BCUT2D eigenvalue weighted by molar-refractivity contribution is 7.47. The maximum Gasteiger partial charge on any atom is 0.472 e. The summed E-state index contributed by atoms with van der Waals surface area (Å²) < 4.78 is 68.5. The predicted molar refractivity (Wildman–Crippen MR) is 408 cm³/mol.